The van der Waals surface area contributed by atoms with E-state index < -0.39 is 22.0 Å². The van der Waals surface area contributed by atoms with Gasteiger partial charge in [-0.05, 0) is 24.5 Å². The zero-order chi connectivity index (χ0) is 24.3. The minimum atomic E-state index is -3.65. The molecule has 2 aromatic rings. The largest absolute Gasteiger partial charge is 0.354 e. The molecule has 7 nitrogen and oxygen atoms in total. The molecule has 0 spiro atoms. The van der Waals surface area contributed by atoms with Crippen LogP contribution >= 0.6 is 0 Å². The molecule has 0 aliphatic rings. The van der Waals surface area contributed by atoms with Crippen LogP contribution in [0.25, 0.3) is 0 Å². The van der Waals surface area contributed by atoms with E-state index in [9.17, 15) is 18.0 Å². The predicted molar refractivity (Wildman–Crippen MR) is 131 cm³/mol. The minimum Gasteiger partial charge on any atom is -0.354 e. The molecule has 0 heterocycles. The number of nitrogens with zero attached hydrogens (tertiary/aromatic N) is 2. The number of hydrogen-bond acceptors (Lipinski definition) is 4. The molecular formula is C25H35N3O4S. The first-order valence-corrected chi connectivity index (χ1v) is 13.2. The Labute approximate surface area is 197 Å². The van der Waals surface area contributed by atoms with Gasteiger partial charge in [0.25, 0.3) is 0 Å². The summed E-state index contributed by atoms with van der Waals surface area (Å²) in [6.07, 6.45) is 4.03. The van der Waals surface area contributed by atoms with Gasteiger partial charge in [0, 0.05) is 19.6 Å². The Bertz CT molecular complexity index is 981. The highest BCUT2D eigenvalue weighted by atomic mass is 32.2. The van der Waals surface area contributed by atoms with Gasteiger partial charge in [0.05, 0.1) is 12.8 Å². The summed E-state index contributed by atoms with van der Waals surface area (Å²) in [6.45, 7) is 4.28. The topological polar surface area (TPSA) is 86.8 Å². The molecule has 0 saturated carbocycles. The minimum absolute atomic E-state index is 0.0855. The van der Waals surface area contributed by atoms with Crippen molar-refractivity contribution < 1.29 is 18.0 Å². The lowest BCUT2D eigenvalue weighted by molar-refractivity contribution is -0.140. The second-order valence-corrected chi connectivity index (χ2v) is 10.2. The third kappa shape index (κ3) is 8.98. The van der Waals surface area contributed by atoms with Crippen molar-refractivity contribution in [3.8, 4) is 0 Å². The maximum Gasteiger partial charge on any atom is 0.242 e. The van der Waals surface area contributed by atoms with Crippen molar-refractivity contribution in [2.24, 2.45) is 0 Å². The Morgan fingerprint density at radius 1 is 0.909 bits per heavy atom. The molecule has 0 aliphatic carbocycles. The third-order valence-electron chi connectivity index (χ3n) is 5.42. The number of sulfonamides is 1. The number of benzene rings is 2. The van der Waals surface area contributed by atoms with Crippen molar-refractivity contribution >= 4 is 21.8 Å². The van der Waals surface area contributed by atoms with E-state index in [2.05, 4.69) is 12.2 Å². The predicted octanol–water partition coefficient (Wildman–Crippen LogP) is 3.17. The van der Waals surface area contributed by atoms with Crippen LogP contribution in [0.15, 0.2) is 60.7 Å². The summed E-state index contributed by atoms with van der Waals surface area (Å²) < 4.78 is 26.0. The Morgan fingerprint density at radius 2 is 1.45 bits per heavy atom. The van der Waals surface area contributed by atoms with E-state index in [1.807, 2.05) is 60.7 Å². The first-order chi connectivity index (χ1) is 15.7. The lowest BCUT2D eigenvalue weighted by atomic mass is 10.1. The normalized spacial score (nSPS) is 12.4. The number of hydrogen-bond donors (Lipinski definition) is 1. The summed E-state index contributed by atoms with van der Waals surface area (Å²) >= 11 is 0. The Balaban J connectivity index is 2.20. The van der Waals surface area contributed by atoms with E-state index in [0.717, 1.165) is 41.0 Å². The summed E-state index contributed by atoms with van der Waals surface area (Å²) in [5.74, 6) is -0.666. The fraction of sp³-hybridized carbons (Fsp3) is 0.440. The molecule has 0 aliphatic heterocycles. The smallest absolute Gasteiger partial charge is 0.242 e. The molecule has 0 saturated heterocycles. The Hall–Kier alpha value is -2.71. The molecular weight excluding hydrogens is 438 g/mol. The quantitative estimate of drug-likeness (QED) is 0.453. The molecule has 2 amide bonds. The summed E-state index contributed by atoms with van der Waals surface area (Å²) in [6, 6.07) is 17.8. The van der Waals surface area contributed by atoms with Crippen LogP contribution in [0.5, 0.6) is 0 Å². The van der Waals surface area contributed by atoms with Gasteiger partial charge in [-0.1, -0.05) is 80.4 Å². The van der Waals surface area contributed by atoms with Gasteiger partial charge in [0.15, 0.2) is 0 Å². The monoisotopic (exact) mass is 473 g/mol. The number of amides is 2. The average Bonchev–Trinajstić information content (AvgIpc) is 2.80. The standard InChI is InChI=1S/C25H35N3O4S/c1-4-5-12-17-26-25(30)21(2)28(19-23-15-10-7-11-16-23)24(29)20-27(33(3,31)32)18-22-13-8-6-9-14-22/h6-11,13-16,21H,4-5,12,17-20H2,1-3H3,(H,26,30)/t21-/m0/s1. The van der Waals surface area contributed by atoms with Gasteiger partial charge in [-0.15, -0.1) is 0 Å². The lowest BCUT2D eigenvalue weighted by Gasteiger charge is -2.31. The van der Waals surface area contributed by atoms with Crippen LogP contribution in [0.4, 0.5) is 0 Å². The van der Waals surface area contributed by atoms with Crippen LogP contribution in [0.2, 0.25) is 0 Å². The van der Waals surface area contributed by atoms with Crippen LogP contribution in [-0.4, -0.2) is 54.8 Å². The van der Waals surface area contributed by atoms with Crippen molar-refractivity contribution in [1.82, 2.24) is 14.5 Å². The fourth-order valence-corrected chi connectivity index (χ4v) is 4.14. The fourth-order valence-electron chi connectivity index (χ4n) is 3.42. The van der Waals surface area contributed by atoms with E-state index in [1.54, 1.807) is 6.92 Å². The number of carbonyl (C=O) groups is 2. The molecule has 180 valence electrons. The molecule has 0 unspecified atom stereocenters. The van der Waals surface area contributed by atoms with Crippen LogP contribution < -0.4 is 5.32 Å². The molecule has 0 bridgehead atoms. The van der Waals surface area contributed by atoms with Crippen LogP contribution in [-0.2, 0) is 32.7 Å². The van der Waals surface area contributed by atoms with Crippen LogP contribution in [0.3, 0.4) is 0 Å². The second kappa shape index (κ2) is 13.1. The molecule has 8 heteroatoms. The van der Waals surface area contributed by atoms with Crippen molar-refractivity contribution in [2.75, 3.05) is 19.3 Å². The first kappa shape index (κ1) is 26.5. The van der Waals surface area contributed by atoms with E-state index in [4.69, 9.17) is 0 Å². The second-order valence-electron chi connectivity index (χ2n) is 8.20. The molecule has 0 radical (unpaired) electrons. The molecule has 0 aromatic heterocycles. The molecule has 2 rings (SSSR count). The molecule has 1 atom stereocenters. The van der Waals surface area contributed by atoms with Gasteiger partial charge >= 0.3 is 0 Å². The summed E-state index contributed by atoms with van der Waals surface area (Å²) in [5, 5.41) is 2.90. The number of carbonyl (C=O) groups excluding carboxylic acids is 2. The van der Waals surface area contributed by atoms with Crippen molar-refractivity contribution in [3.63, 3.8) is 0 Å². The van der Waals surface area contributed by atoms with E-state index in [-0.39, 0.29) is 25.5 Å². The Kier molecular flexibility index (Phi) is 10.5. The number of nitrogens with one attached hydrogen (secondary N) is 1. The molecule has 1 N–H and O–H groups in total. The van der Waals surface area contributed by atoms with Crippen LogP contribution in [0.1, 0.15) is 44.2 Å². The number of unbranched alkanes of at least 4 members (excludes halogenated alkanes) is 2. The Morgan fingerprint density at radius 3 is 1.97 bits per heavy atom. The highest BCUT2D eigenvalue weighted by Crippen LogP contribution is 2.13. The molecule has 33 heavy (non-hydrogen) atoms. The summed E-state index contributed by atoms with van der Waals surface area (Å²) in [4.78, 5) is 27.6. The van der Waals surface area contributed by atoms with Gasteiger partial charge in [0.1, 0.15) is 6.04 Å². The highest BCUT2D eigenvalue weighted by Gasteiger charge is 2.29. The zero-order valence-corrected chi connectivity index (χ0v) is 20.6. The van der Waals surface area contributed by atoms with Crippen LogP contribution in [0, 0.1) is 0 Å². The van der Waals surface area contributed by atoms with Crippen molar-refractivity contribution in [3.05, 3.63) is 71.8 Å². The highest BCUT2D eigenvalue weighted by molar-refractivity contribution is 7.88. The maximum atomic E-state index is 13.4. The van der Waals surface area contributed by atoms with Crippen molar-refractivity contribution in [2.45, 2.75) is 52.2 Å². The first-order valence-electron chi connectivity index (χ1n) is 11.3. The van der Waals surface area contributed by atoms with Gasteiger partial charge in [-0.3, -0.25) is 9.59 Å². The molecule has 0 fully saturated rings. The zero-order valence-electron chi connectivity index (χ0n) is 19.7. The third-order valence-corrected chi connectivity index (χ3v) is 6.62. The summed E-state index contributed by atoms with van der Waals surface area (Å²) in [5.41, 5.74) is 1.65. The van der Waals surface area contributed by atoms with Gasteiger partial charge in [-0.25, -0.2) is 8.42 Å². The van der Waals surface area contributed by atoms with E-state index >= 15 is 0 Å². The maximum absolute atomic E-state index is 13.4. The van der Waals surface area contributed by atoms with Crippen molar-refractivity contribution in [1.29, 1.82) is 0 Å². The van der Waals surface area contributed by atoms with Gasteiger partial charge in [0.2, 0.25) is 21.8 Å². The van der Waals surface area contributed by atoms with Gasteiger partial charge in [-0.2, -0.15) is 4.31 Å². The average molecular weight is 474 g/mol. The molecule has 2 aromatic carbocycles. The lowest BCUT2D eigenvalue weighted by Crippen LogP contribution is -2.51. The van der Waals surface area contributed by atoms with Gasteiger partial charge < -0.3 is 10.2 Å². The number of rotatable bonds is 13. The SMILES string of the molecule is CCCCCNC(=O)[C@H](C)N(Cc1ccccc1)C(=O)CN(Cc1ccccc1)S(C)(=O)=O. The summed E-state index contributed by atoms with van der Waals surface area (Å²) in [7, 11) is -3.65. The van der Waals surface area contributed by atoms with E-state index in [0.29, 0.717) is 6.54 Å². The van der Waals surface area contributed by atoms with E-state index in [1.165, 1.54) is 4.90 Å².